The van der Waals surface area contributed by atoms with Crippen LogP contribution in [0.2, 0.25) is 0 Å². The lowest BCUT2D eigenvalue weighted by Crippen LogP contribution is -2.45. The van der Waals surface area contributed by atoms with E-state index in [4.69, 9.17) is 9.97 Å². The molecule has 2 N–H and O–H groups in total. The van der Waals surface area contributed by atoms with E-state index in [2.05, 4.69) is 26.7 Å². The molecule has 38 heavy (non-hydrogen) atoms. The number of nitrogens with one attached hydrogen (secondary N) is 1. The van der Waals surface area contributed by atoms with Crippen LogP contribution in [0.3, 0.4) is 0 Å². The summed E-state index contributed by atoms with van der Waals surface area (Å²) < 4.78 is 16.2. The maximum atomic E-state index is 14.1. The van der Waals surface area contributed by atoms with E-state index in [0.29, 0.717) is 41.3 Å². The van der Waals surface area contributed by atoms with E-state index in [1.54, 1.807) is 6.20 Å². The molecule has 8 rings (SSSR count). The van der Waals surface area contributed by atoms with Gasteiger partial charge in [0.05, 0.1) is 17.8 Å². The van der Waals surface area contributed by atoms with Crippen molar-refractivity contribution in [2.45, 2.75) is 38.6 Å². The summed E-state index contributed by atoms with van der Waals surface area (Å²) in [4.78, 5) is 29.6. The maximum absolute atomic E-state index is 14.1. The Balaban J connectivity index is 1.37. The minimum Gasteiger partial charge on any atom is -0.481 e. The predicted octanol–water partition coefficient (Wildman–Crippen LogP) is 5.84. The minimum atomic E-state index is -0.685. The number of H-pyrrole nitrogens is 1. The summed E-state index contributed by atoms with van der Waals surface area (Å²) >= 11 is 0. The molecule has 3 saturated carbocycles. The van der Waals surface area contributed by atoms with Crippen molar-refractivity contribution in [2.75, 3.05) is 0 Å². The Labute approximate surface area is 218 Å². The largest absolute Gasteiger partial charge is 0.481 e. The molecule has 0 amide bonds. The van der Waals surface area contributed by atoms with Crippen LogP contribution >= 0.6 is 0 Å². The first-order valence-electron chi connectivity index (χ1n) is 13.3. The number of carboxylic acid groups (broad SMARTS) is 1. The zero-order chi connectivity index (χ0) is 25.8. The average molecular weight is 510 g/mol. The van der Waals surface area contributed by atoms with Gasteiger partial charge in [-0.3, -0.25) is 4.79 Å². The summed E-state index contributed by atoms with van der Waals surface area (Å²) in [5.74, 6) is -0.271. The normalized spacial score (nSPS) is 22.9. The van der Waals surface area contributed by atoms with Crippen molar-refractivity contribution in [1.29, 1.82) is 0 Å². The monoisotopic (exact) mass is 509 g/mol. The van der Waals surface area contributed by atoms with Crippen molar-refractivity contribution in [2.24, 2.45) is 23.7 Å². The quantitative estimate of drug-likeness (QED) is 0.300. The first-order valence-corrected chi connectivity index (χ1v) is 13.3. The number of pyridine rings is 1. The second kappa shape index (κ2) is 9.04. The molecule has 1 aromatic carbocycles. The van der Waals surface area contributed by atoms with Crippen molar-refractivity contribution in [1.82, 2.24) is 24.5 Å². The molecule has 3 aliphatic carbocycles. The number of halogens is 1. The van der Waals surface area contributed by atoms with Crippen LogP contribution < -0.4 is 0 Å². The van der Waals surface area contributed by atoms with E-state index in [0.717, 1.165) is 48.0 Å². The van der Waals surface area contributed by atoms with Crippen molar-refractivity contribution >= 4 is 28.0 Å². The second-order valence-electron chi connectivity index (χ2n) is 10.8. The summed E-state index contributed by atoms with van der Waals surface area (Å²) in [6.07, 6.45) is 9.76. The van der Waals surface area contributed by atoms with Gasteiger partial charge in [-0.1, -0.05) is 30.3 Å². The van der Waals surface area contributed by atoms with Crippen molar-refractivity contribution < 1.29 is 14.3 Å². The fraction of sp³-hybridized carbons (Fsp3) is 0.333. The molecular formula is C30H28FN5O2. The maximum Gasteiger partial charge on any atom is 0.307 e. The van der Waals surface area contributed by atoms with Crippen LogP contribution in [-0.4, -0.2) is 35.6 Å². The Morgan fingerprint density at radius 3 is 2.63 bits per heavy atom. The first-order chi connectivity index (χ1) is 18.5. The highest BCUT2D eigenvalue weighted by Gasteiger charge is 2.47. The van der Waals surface area contributed by atoms with E-state index in [1.165, 1.54) is 12.3 Å². The van der Waals surface area contributed by atoms with Gasteiger partial charge < -0.3 is 14.7 Å². The average Bonchev–Trinajstić information content (AvgIpc) is 3.53. The number of fused-ring (bicyclic) bond motifs is 5. The van der Waals surface area contributed by atoms with Crippen molar-refractivity contribution in [3.63, 3.8) is 0 Å². The Morgan fingerprint density at radius 1 is 1.05 bits per heavy atom. The van der Waals surface area contributed by atoms with Gasteiger partial charge in [0.25, 0.3) is 0 Å². The van der Waals surface area contributed by atoms with E-state index in [1.807, 2.05) is 30.5 Å². The summed E-state index contributed by atoms with van der Waals surface area (Å²) in [5.41, 5.74) is 4.06. The van der Waals surface area contributed by atoms with Gasteiger partial charge in [0.1, 0.15) is 17.1 Å². The summed E-state index contributed by atoms with van der Waals surface area (Å²) in [7, 11) is 0. The van der Waals surface area contributed by atoms with E-state index in [9.17, 15) is 14.3 Å². The van der Waals surface area contributed by atoms with E-state index >= 15 is 0 Å². The van der Waals surface area contributed by atoms with Crippen LogP contribution in [0.15, 0.2) is 61.1 Å². The Hall–Kier alpha value is -4.07. The molecule has 4 heterocycles. The molecule has 3 fully saturated rings. The van der Waals surface area contributed by atoms with E-state index < -0.39 is 11.8 Å². The number of aliphatic carboxylic acids is 1. The number of aromatic amines is 1. The van der Waals surface area contributed by atoms with Gasteiger partial charge in [-0.2, -0.15) is 0 Å². The smallest absolute Gasteiger partial charge is 0.307 e. The topological polar surface area (TPSA) is 96.7 Å². The van der Waals surface area contributed by atoms with Crippen LogP contribution in [0.5, 0.6) is 0 Å². The number of rotatable bonds is 6. The van der Waals surface area contributed by atoms with Gasteiger partial charge in [0.15, 0.2) is 5.82 Å². The molecule has 7 nitrogen and oxygen atoms in total. The molecule has 2 bridgehead atoms. The van der Waals surface area contributed by atoms with Crippen molar-refractivity contribution in [3.05, 3.63) is 78.1 Å². The number of carbonyl (C=O) groups is 1. The lowest BCUT2D eigenvalue weighted by molar-refractivity contribution is -0.152. The van der Waals surface area contributed by atoms with Crippen LogP contribution in [0, 0.1) is 29.5 Å². The minimum absolute atomic E-state index is 0.0468. The fourth-order valence-electron chi connectivity index (χ4n) is 6.95. The molecule has 3 aliphatic rings. The highest BCUT2D eigenvalue weighted by molar-refractivity contribution is 5.93. The lowest BCUT2D eigenvalue weighted by Gasteiger charge is -2.46. The summed E-state index contributed by atoms with van der Waals surface area (Å²) in [6.45, 7) is 0.649. The zero-order valence-corrected chi connectivity index (χ0v) is 20.8. The summed E-state index contributed by atoms with van der Waals surface area (Å²) in [5, 5.41) is 11.7. The second-order valence-corrected chi connectivity index (χ2v) is 10.8. The Morgan fingerprint density at radius 2 is 1.84 bits per heavy atom. The van der Waals surface area contributed by atoms with Crippen molar-refractivity contribution in [3.8, 4) is 11.4 Å². The molecule has 192 valence electrons. The third kappa shape index (κ3) is 3.86. The molecule has 0 radical (unpaired) electrons. The van der Waals surface area contributed by atoms with Crippen LogP contribution in [-0.2, 0) is 17.8 Å². The number of nitrogens with zero attached hydrogens (tertiary/aromatic N) is 4. The van der Waals surface area contributed by atoms with Gasteiger partial charge in [-0.25, -0.2) is 19.3 Å². The van der Waals surface area contributed by atoms with Crippen LogP contribution in [0.4, 0.5) is 4.39 Å². The standard InChI is InChI=1S/C30H28FN5O2/c31-20-12-23-24(15-33-27(23)32-14-20)28-34-25(13-22-18-6-8-19(9-7-18)26(22)30(37)38)21-10-11-36(29(21)35-28)16-17-4-2-1-3-5-17/h1-5,10-12,14-15,18-19,22,26H,6-9,13,16H2,(H,32,33)(H,37,38). The molecule has 8 heteroatoms. The highest BCUT2D eigenvalue weighted by atomic mass is 19.1. The Kier molecular flexibility index (Phi) is 5.49. The SMILES string of the molecule is O=C(O)C1C2CCC(CC2)C1Cc1nc(-c2c[nH]c3ncc(F)cc23)nc2c1ccn2Cc1ccccc1. The van der Waals surface area contributed by atoms with Gasteiger partial charge in [0.2, 0.25) is 0 Å². The zero-order valence-electron chi connectivity index (χ0n) is 20.8. The lowest BCUT2D eigenvalue weighted by atomic mass is 9.57. The number of hydrogen-bond donors (Lipinski definition) is 2. The van der Waals surface area contributed by atoms with Gasteiger partial charge in [-0.05, 0) is 67.6 Å². The Bertz CT molecular complexity index is 1650. The molecule has 2 unspecified atom stereocenters. The highest BCUT2D eigenvalue weighted by Crippen LogP contribution is 2.50. The van der Waals surface area contributed by atoms with E-state index in [-0.39, 0.29) is 17.8 Å². The first kappa shape index (κ1) is 23.1. The molecule has 4 aromatic heterocycles. The molecule has 0 spiro atoms. The molecule has 2 atom stereocenters. The molecular weight excluding hydrogens is 481 g/mol. The van der Waals surface area contributed by atoms with Gasteiger partial charge >= 0.3 is 5.97 Å². The van der Waals surface area contributed by atoms with Crippen LogP contribution in [0.1, 0.15) is 36.9 Å². The molecule has 5 aromatic rings. The predicted molar refractivity (Wildman–Crippen MR) is 142 cm³/mol. The number of aromatic nitrogens is 5. The fourth-order valence-corrected chi connectivity index (χ4v) is 6.95. The summed E-state index contributed by atoms with van der Waals surface area (Å²) in [6, 6.07) is 13.7. The third-order valence-corrected chi connectivity index (χ3v) is 8.74. The van der Waals surface area contributed by atoms with Gasteiger partial charge in [-0.15, -0.1) is 0 Å². The number of carboxylic acids is 1. The molecule has 0 aliphatic heterocycles. The third-order valence-electron chi connectivity index (χ3n) is 8.74. The molecule has 0 saturated heterocycles. The number of benzene rings is 1. The van der Waals surface area contributed by atoms with Gasteiger partial charge in [0, 0.05) is 35.3 Å². The van der Waals surface area contributed by atoms with Crippen LogP contribution in [0.25, 0.3) is 33.5 Å². The number of hydrogen-bond acceptors (Lipinski definition) is 4.